The first-order chi connectivity index (χ1) is 15.7. The van der Waals surface area contributed by atoms with Crippen LogP contribution in [-0.2, 0) is 17.8 Å². The molecule has 170 valence electrons. The van der Waals surface area contributed by atoms with Crippen molar-refractivity contribution >= 4 is 11.6 Å². The first kappa shape index (κ1) is 20.2. The maximum atomic E-state index is 13.3. The zero-order valence-electron chi connectivity index (χ0n) is 18.8. The van der Waals surface area contributed by atoms with Crippen molar-refractivity contribution in [2.45, 2.75) is 63.8 Å². The zero-order valence-corrected chi connectivity index (χ0v) is 18.8. The smallest absolute Gasteiger partial charge is 0.277 e. The van der Waals surface area contributed by atoms with Crippen molar-refractivity contribution in [2.24, 2.45) is 11.8 Å². The number of hydrogen-bond acceptors (Lipinski definition) is 4. The third-order valence-corrected chi connectivity index (χ3v) is 7.86. The number of hydrogen-bond donors (Lipinski definition) is 1. The fraction of sp³-hybridized carbons (Fsp3) is 0.640. The first-order valence-electron chi connectivity index (χ1n) is 12.5. The Morgan fingerprint density at radius 2 is 2.06 bits per heavy atom. The Morgan fingerprint density at radius 3 is 2.88 bits per heavy atom. The quantitative estimate of drug-likeness (QED) is 0.750. The zero-order chi connectivity index (χ0) is 21.7. The maximum absolute atomic E-state index is 13.3. The number of aromatic nitrogens is 3. The lowest BCUT2D eigenvalue weighted by Gasteiger charge is -2.35. The maximum Gasteiger partial charge on any atom is 0.277 e. The van der Waals surface area contributed by atoms with E-state index in [1.165, 1.54) is 38.8 Å². The lowest BCUT2D eigenvalue weighted by atomic mass is 9.90. The Labute approximate surface area is 188 Å². The molecule has 2 aliphatic heterocycles. The van der Waals surface area contributed by atoms with Gasteiger partial charge in [0.15, 0.2) is 5.65 Å². The summed E-state index contributed by atoms with van der Waals surface area (Å²) < 4.78 is 1.62. The average Bonchev–Trinajstić information content (AvgIpc) is 3.58. The molecule has 1 saturated carbocycles. The van der Waals surface area contributed by atoms with Crippen LogP contribution in [0.2, 0.25) is 0 Å². The van der Waals surface area contributed by atoms with Crippen molar-refractivity contribution in [3.8, 4) is 0 Å². The minimum atomic E-state index is -0.0359. The third-order valence-electron chi connectivity index (χ3n) is 7.86. The van der Waals surface area contributed by atoms with E-state index in [9.17, 15) is 9.59 Å². The Hall–Kier alpha value is -2.41. The van der Waals surface area contributed by atoms with E-state index in [0.29, 0.717) is 31.0 Å². The van der Waals surface area contributed by atoms with Crippen LogP contribution in [0.15, 0.2) is 23.0 Å². The molecule has 32 heavy (non-hydrogen) atoms. The number of carbonyl (C=O) groups is 1. The van der Waals surface area contributed by atoms with E-state index < -0.39 is 0 Å². The van der Waals surface area contributed by atoms with E-state index in [1.54, 1.807) is 4.52 Å². The molecule has 2 atom stereocenters. The summed E-state index contributed by atoms with van der Waals surface area (Å²) in [4.78, 5) is 35.1. The molecular weight excluding hydrogens is 402 g/mol. The van der Waals surface area contributed by atoms with E-state index >= 15 is 0 Å². The molecule has 7 heteroatoms. The van der Waals surface area contributed by atoms with Gasteiger partial charge in [0, 0.05) is 49.7 Å². The summed E-state index contributed by atoms with van der Waals surface area (Å²) in [6.45, 7) is 4.48. The Morgan fingerprint density at radius 1 is 1.16 bits per heavy atom. The van der Waals surface area contributed by atoms with Crippen LogP contribution in [0.4, 0.5) is 0 Å². The summed E-state index contributed by atoms with van der Waals surface area (Å²) in [6, 6.07) is 2.08. The fourth-order valence-electron chi connectivity index (χ4n) is 5.85. The number of carbonyl (C=O) groups excluding carboxylic acids is 1. The van der Waals surface area contributed by atoms with Gasteiger partial charge in [0.2, 0.25) is 5.91 Å². The van der Waals surface area contributed by atoms with Gasteiger partial charge in [0.25, 0.3) is 5.56 Å². The highest BCUT2D eigenvalue weighted by Gasteiger charge is 2.36. The topological polar surface area (TPSA) is 73.7 Å². The monoisotopic (exact) mass is 435 g/mol. The minimum Gasteiger partial charge on any atom is -0.337 e. The number of likely N-dealkylation sites (tertiary alicyclic amines) is 1. The van der Waals surface area contributed by atoms with Gasteiger partial charge in [-0.05, 0) is 57.4 Å². The predicted molar refractivity (Wildman–Crippen MR) is 123 cm³/mol. The summed E-state index contributed by atoms with van der Waals surface area (Å²) in [7, 11) is 0. The van der Waals surface area contributed by atoms with Gasteiger partial charge >= 0.3 is 0 Å². The van der Waals surface area contributed by atoms with E-state index in [-0.39, 0.29) is 17.4 Å². The largest absolute Gasteiger partial charge is 0.337 e. The molecule has 2 aliphatic carbocycles. The SMILES string of the molecule is O=C(C1CC1)N1CCc2nc3cc([C@H]4CCCN(C[C@H]5CC=CCC5)C4)[nH]n3c(=O)c2C1. The second kappa shape index (κ2) is 8.18. The molecule has 1 amide bonds. The van der Waals surface area contributed by atoms with Crippen molar-refractivity contribution in [1.29, 1.82) is 0 Å². The molecule has 4 aliphatic rings. The minimum absolute atomic E-state index is 0.0359. The molecular formula is C25H33N5O2. The summed E-state index contributed by atoms with van der Waals surface area (Å²) in [5.41, 5.74) is 3.37. The van der Waals surface area contributed by atoms with Gasteiger partial charge in [-0.1, -0.05) is 12.2 Å². The van der Waals surface area contributed by atoms with Gasteiger partial charge in [-0.3, -0.25) is 14.7 Å². The number of fused-ring (bicyclic) bond motifs is 2. The molecule has 0 unspecified atom stereocenters. The van der Waals surface area contributed by atoms with Gasteiger partial charge in [0.05, 0.1) is 17.8 Å². The lowest BCUT2D eigenvalue weighted by Crippen LogP contribution is -2.41. The van der Waals surface area contributed by atoms with Crippen LogP contribution in [0.1, 0.15) is 67.8 Å². The molecule has 2 aromatic heterocycles. The molecule has 0 bridgehead atoms. The Balaban J connectivity index is 1.22. The second-order valence-electron chi connectivity index (χ2n) is 10.3. The highest BCUT2D eigenvalue weighted by molar-refractivity contribution is 5.81. The highest BCUT2D eigenvalue weighted by atomic mass is 16.2. The van der Waals surface area contributed by atoms with E-state index in [0.717, 1.165) is 48.8 Å². The molecule has 4 heterocycles. The number of amides is 1. The van der Waals surface area contributed by atoms with Crippen molar-refractivity contribution < 1.29 is 4.79 Å². The van der Waals surface area contributed by atoms with Gasteiger partial charge in [0.1, 0.15) is 0 Å². The molecule has 7 nitrogen and oxygen atoms in total. The first-order valence-corrected chi connectivity index (χ1v) is 12.5. The van der Waals surface area contributed by atoms with Gasteiger partial charge in [-0.15, -0.1) is 0 Å². The Bertz CT molecular complexity index is 1110. The van der Waals surface area contributed by atoms with Crippen LogP contribution in [0.25, 0.3) is 5.65 Å². The van der Waals surface area contributed by atoms with E-state index in [1.807, 2.05) is 4.90 Å². The number of rotatable bonds is 4. The third kappa shape index (κ3) is 3.81. The number of piperidine rings is 1. The summed E-state index contributed by atoms with van der Waals surface area (Å²) in [5, 5.41) is 3.39. The number of nitrogens with one attached hydrogen (secondary N) is 1. The normalized spacial score (nSPS) is 26.4. The number of nitrogens with zero attached hydrogens (tertiary/aromatic N) is 4. The van der Waals surface area contributed by atoms with Crippen LogP contribution in [-0.4, -0.2) is 56.5 Å². The van der Waals surface area contributed by atoms with Crippen molar-refractivity contribution in [3.63, 3.8) is 0 Å². The molecule has 0 aromatic carbocycles. The van der Waals surface area contributed by atoms with Gasteiger partial charge < -0.3 is 9.80 Å². The van der Waals surface area contributed by atoms with Crippen molar-refractivity contribution in [2.75, 3.05) is 26.2 Å². The summed E-state index contributed by atoms with van der Waals surface area (Å²) in [5.74, 6) is 1.59. The predicted octanol–water partition coefficient (Wildman–Crippen LogP) is 2.85. The molecule has 2 aromatic rings. The van der Waals surface area contributed by atoms with Crippen molar-refractivity contribution in [1.82, 2.24) is 24.4 Å². The highest BCUT2D eigenvalue weighted by Crippen LogP contribution is 2.33. The van der Waals surface area contributed by atoms with Crippen LogP contribution in [0.3, 0.4) is 0 Å². The van der Waals surface area contributed by atoms with Crippen LogP contribution in [0, 0.1) is 11.8 Å². The van der Waals surface area contributed by atoms with E-state index in [4.69, 9.17) is 4.98 Å². The lowest BCUT2D eigenvalue weighted by molar-refractivity contribution is -0.133. The van der Waals surface area contributed by atoms with Gasteiger partial charge in [-0.25, -0.2) is 9.50 Å². The van der Waals surface area contributed by atoms with E-state index in [2.05, 4.69) is 28.2 Å². The summed E-state index contributed by atoms with van der Waals surface area (Å²) >= 11 is 0. The number of H-pyrrole nitrogens is 1. The molecule has 6 rings (SSSR count). The standard InChI is InChI=1S/C25H33N5O2/c31-24(18-8-9-18)29-12-10-21-20(16-29)25(32)30-23(26-21)13-22(27-30)19-7-4-11-28(15-19)14-17-5-2-1-3-6-17/h1-2,13,17-19,27H,3-12,14-16H2/t17-,19-/m0/s1. The van der Waals surface area contributed by atoms with Crippen LogP contribution < -0.4 is 5.56 Å². The fourth-order valence-corrected chi connectivity index (χ4v) is 5.85. The summed E-state index contributed by atoms with van der Waals surface area (Å²) in [6.07, 6.45) is 13.4. The Kier molecular flexibility index (Phi) is 5.17. The number of aromatic amines is 1. The molecule has 1 saturated heterocycles. The van der Waals surface area contributed by atoms with Crippen LogP contribution >= 0.6 is 0 Å². The molecule has 0 radical (unpaired) electrons. The average molecular weight is 436 g/mol. The molecule has 2 fully saturated rings. The molecule has 0 spiro atoms. The van der Waals surface area contributed by atoms with Crippen molar-refractivity contribution in [3.05, 3.63) is 45.5 Å². The number of allylic oxidation sites excluding steroid dienone is 2. The van der Waals surface area contributed by atoms with Gasteiger partial charge in [-0.2, -0.15) is 0 Å². The second-order valence-corrected chi connectivity index (χ2v) is 10.3. The van der Waals surface area contributed by atoms with Crippen LogP contribution in [0.5, 0.6) is 0 Å². The molecule has 1 N–H and O–H groups in total.